The largest absolute Gasteiger partial charge is 0.346 e. The zero-order chi connectivity index (χ0) is 19.9. The van der Waals surface area contributed by atoms with Gasteiger partial charge in [-0.25, -0.2) is 0 Å². The third-order valence-electron chi connectivity index (χ3n) is 5.33. The predicted octanol–water partition coefficient (Wildman–Crippen LogP) is 5.89. The van der Waals surface area contributed by atoms with E-state index in [0.717, 1.165) is 40.9 Å². The molecule has 1 aliphatic heterocycles. The maximum atomic E-state index is 12.0. The summed E-state index contributed by atoms with van der Waals surface area (Å²) in [6.45, 7) is 5.25. The fourth-order valence-corrected chi connectivity index (χ4v) is 4.36. The Hall–Kier alpha value is -2.72. The third kappa shape index (κ3) is 3.29. The van der Waals surface area contributed by atoms with E-state index in [4.69, 9.17) is 11.6 Å². The van der Waals surface area contributed by atoms with Gasteiger partial charge in [-0.3, -0.25) is 4.79 Å². The lowest BCUT2D eigenvalue weighted by molar-refractivity contribution is -0.117. The molecule has 3 aromatic rings. The van der Waals surface area contributed by atoms with Gasteiger partial charge in [-0.2, -0.15) is 0 Å². The summed E-state index contributed by atoms with van der Waals surface area (Å²) in [4.78, 5) is 22.9. The molecule has 5 heteroatoms. The van der Waals surface area contributed by atoms with Crippen molar-refractivity contribution in [3.63, 3.8) is 0 Å². The van der Waals surface area contributed by atoms with Gasteiger partial charge in [0, 0.05) is 39.3 Å². The summed E-state index contributed by atoms with van der Waals surface area (Å²) in [7, 11) is 0. The molecular weight excluding hydrogens is 372 g/mol. The van der Waals surface area contributed by atoms with Gasteiger partial charge in [-0.15, -0.1) is 4.91 Å². The summed E-state index contributed by atoms with van der Waals surface area (Å²) in [5, 5.41) is 3.31. The van der Waals surface area contributed by atoms with Gasteiger partial charge < -0.3 is 4.57 Å². The highest BCUT2D eigenvalue weighted by Gasteiger charge is 2.36. The molecule has 0 aliphatic carbocycles. The van der Waals surface area contributed by atoms with Crippen molar-refractivity contribution in [3.8, 4) is 22.3 Å². The molecule has 0 bridgehead atoms. The number of benzene rings is 2. The van der Waals surface area contributed by atoms with Gasteiger partial charge in [0.2, 0.25) is 0 Å². The van der Waals surface area contributed by atoms with E-state index >= 15 is 0 Å². The van der Waals surface area contributed by atoms with Gasteiger partial charge in [0.25, 0.3) is 5.91 Å². The van der Waals surface area contributed by atoms with Gasteiger partial charge in [0.15, 0.2) is 0 Å². The van der Waals surface area contributed by atoms with E-state index in [-0.39, 0.29) is 11.8 Å². The number of carbonyl (C=O) groups excluding carboxylic acids is 1. The van der Waals surface area contributed by atoms with Gasteiger partial charge in [-0.05, 0) is 35.1 Å². The van der Waals surface area contributed by atoms with Crippen LogP contribution in [0.3, 0.4) is 0 Å². The van der Waals surface area contributed by atoms with Gasteiger partial charge in [-0.1, -0.05) is 67.9 Å². The van der Waals surface area contributed by atoms with E-state index in [1.54, 1.807) is 0 Å². The minimum absolute atomic E-state index is 0.00261. The molecule has 0 radical (unpaired) electrons. The number of fused-ring (bicyclic) bond motifs is 1. The van der Waals surface area contributed by atoms with E-state index in [1.807, 2.05) is 42.5 Å². The summed E-state index contributed by atoms with van der Waals surface area (Å²) < 4.78 is 2.22. The fraction of sp³-hybridized carbons (Fsp3) is 0.261. The maximum Gasteiger partial charge on any atom is 0.292 e. The average molecular weight is 393 g/mol. The minimum Gasteiger partial charge on any atom is -0.346 e. The first-order valence-electron chi connectivity index (χ1n) is 9.31. The van der Waals surface area contributed by atoms with Crippen LogP contribution in [-0.4, -0.2) is 10.5 Å². The SMILES string of the molecule is CC1(C)Cc2c(-c3ccccc3)c(-c3ccc(Cl)cc3)c(CC(=O)N=O)n2C1. The normalized spacial score (nSPS) is 14.7. The Morgan fingerprint density at radius 2 is 1.68 bits per heavy atom. The molecule has 0 atom stereocenters. The first-order chi connectivity index (χ1) is 13.4. The van der Waals surface area contributed by atoms with Crippen LogP contribution in [0, 0.1) is 10.3 Å². The van der Waals surface area contributed by atoms with Crippen LogP contribution >= 0.6 is 11.6 Å². The molecule has 2 aromatic carbocycles. The lowest BCUT2D eigenvalue weighted by Gasteiger charge is -2.18. The number of carbonyl (C=O) groups is 1. The van der Waals surface area contributed by atoms with E-state index < -0.39 is 5.91 Å². The molecule has 0 fully saturated rings. The van der Waals surface area contributed by atoms with E-state index in [9.17, 15) is 9.70 Å². The highest BCUT2D eigenvalue weighted by atomic mass is 35.5. The Balaban J connectivity index is 2.03. The Labute approximate surface area is 169 Å². The first kappa shape index (κ1) is 18.6. The number of amides is 1. The van der Waals surface area contributed by atoms with Gasteiger partial charge in [0.05, 0.1) is 6.42 Å². The average Bonchev–Trinajstić information content (AvgIpc) is 3.14. The smallest absolute Gasteiger partial charge is 0.292 e. The van der Waals surface area contributed by atoms with Crippen LogP contribution in [0.15, 0.2) is 59.8 Å². The fourth-order valence-electron chi connectivity index (χ4n) is 4.24. The molecule has 4 rings (SSSR count). The molecule has 0 spiro atoms. The standard InChI is InChI=1S/C23H21ClN2O2/c1-23(2)13-19-22(15-6-4-3-5-7-15)21(16-8-10-17(24)11-9-16)18(26(19)14-23)12-20(27)25-28/h3-11H,12-14H2,1-2H3. The second-order valence-corrected chi connectivity index (χ2v) is 8.54. The molecule has 1 aromatic heterocycles. The highest BCUT2D eigenvalue weighted by molar-refractivity contribution is 6.30. The number of nitroso groups, excluding NO2 is 1. The highest BCUT2D eigenvalue weighted by Crippen LogP contribution is 2.47. The van der Waals surface area contributed by atoms with Crippen molar-refractivity contribution in [1.82, 2.24) is 4.57 Å². The quantitative estimate of drug-likeness (QED) is 0.519. The molecule has 0 saturated carbocycles. The monoisotopic (exact) mass is 392 g/mol. The van der Waals surface area contributed by atoms with Gasteiger partial charge >= 0.3 is 0 Å². The van der Waals surface area contributed by atoms with Crippen molar-refractivity contribution in [2.75, 3.05) is 0 Å². The Morgan fingerprint density at radius 1 is 1.04 bits per heavy atom. The molecule has 142 valence electrons. The molecule has 1 amide bonds. The number of hydrogen-bond donors (Lipinski definition) is 0. The molecule has 28 heavy (non-hydrogen) atoms. The number of nitrogens with zero attached hydrogens (tertiary/aromatic N) is 2. The van der Waals surface area contributed by atoms with Crippen LogP contribution in [0.25, 0.3) is 22.3 Å². The molecular formula is C23H21ClN2O2. The number of aromatic nitrogens is 1. The summed E-state index contributed by atoms with van der Waals surface area (Å²) in [5.41, 5.74) is 6.35. The molecule has 0 saturated heterocycles. The van der Waals surface area contributed by atoms with Crippen molar-refractivity contribution in [1.29, 1.82) is 0 Å². The molecule has 4 nitrogen and oxygen atoms in total. The van der Waals surface area contributed by atoms with Crippen molar-refractivity contribution < 1.29 is 4.79 Å². The number of hydrogen-bond acceptors (Lipinski definition) is 2. The van der Waals surface area contributed by atoms with Crippen molar-refractivity contribution >= 4 is 17.5 Å². The molecule has 1 aliphatic rings. The second-order valence-electron chi connectivity index (χ2n) is 8.11. The predicted molar refractivity (Wildman–Crippen MR) is 112 cm³/mol. The van der Waals surface area contributed by atoms with Crippen LogP contribution in [0.1, 0.15) is 25.2 Å². The molecule has 0 unspecified atom stereocenters. The number of rotatable bonds is 4. The van der Waals surface area contributed by atoms with Gasteiger partial charge in [0.1, 0.15) is 0 Å². The zero-order valence-corrected chi connectivity index (χ0v) is 16.7. The second kappa shape index (κ2) is 7.02. The lowest BCUT2D eigenvalue weighted by Crippen LogP contribution is -2.15. The maximum absolute atomic E-state index is 12.0. The van der Waals surface area contributed by atoms with Crippen LogP contribution < -0.4 is 0 Å². The summed E-state index contributed by atoms with van der Waals surface area (Å²) in [5.74, 6) is -0.653. The Kier molecular flexibility index (Phi) is 4.68. The van der Waals surface area contributed by atoms with Crippen LogP contribution in [-0.2, 0) is 24.2 Å². The van der Waals surface area contributed by atoms with Crippen molar-refractivity contribution in [2.45, 2.75) is 33.2 Å². The van der Waals surface area contributed by atoms with E-state index in [0.29, 0.717) is 5.02 Å². The van der Waals surface area contributed by atoms with E-state index in [1.165, 1.54) is 5.69 Å². The van der Waals surface area contributed by atoms with E-state index in [2.05, 4.69) is 35.7 Å². The third-order valence-corrected chi connectivity index (χ3v) is 5.58. The minimum atomic E-state index is -0.653. The summed E-state index contributed by atoms with van der Waals surface area (Å²) >= 11 is 6.10. The van der Waals surface area contributed by atoms with Crippen LogP contribution in [0.4, 0.5) is 0 Å². The zero-order valence-electron chi connectivity index (χ0n) is 15.9. The van der Waals surface area contributed by atoms with Crippen molar-refractivity contribution in [3.05, 3.63) is 75.9 Å². The number of halogens is 1. The summed E-state index contributed by atoms with van der Waals surface area (Å²) in [6, 6.07) is 17.8. The Bertz CT molecular complexity index is 1050. The molecule has 2 heterocycles. The molecule has 0 N–H and O–H groups in total. The Morgan fingerprint density at radius 3 is 2.32 bits per heavy atom. The topological polar surface area (TPSA) is 51.4 Å². The van der Waals surface area contributed by atoms with Crippen LogP contribution in [0.5, 0.6) is 0 Å². The lowest BCUT2D eigenvalue weighted by atomic mass is 9.86. The summed E-state index contributed by atoms with van der Waals surface area (Å²) in [6.07, 6.45) is 0.901. The van der Waals surface area contributed by atoms with Crippen molar-refractivity contribution in [2.24, 2.45) is 10.6 Å². The van der Waals surface area contributed by atoms with Crippen LogP contribution in [0.2, 0.25) is 5.02 Å². The first-order valence-corrected chi connectivity index (χ1v) is 9.69.